The lowest BCUT2D eigenvalue weighted by molar-refractivity contribution is 0.877. The number of nitrogens with one attached hydrogen (secondary N) is 1. The molecule has 0 aliphatic rings. The highest BCUT2D eigenvalue weighted by molar-refractivity contribution is 5.60. The van der Waals surface area contributed by atoms with E-state index in [2.05, 4.69) is 35.2 Å². The van der Waals surface area contributed by atoms with Crippen LogP contribution in [0.5, 0.6) is 0 Å². The second-order valence-corrected chi connectivity index (χ2v) is 4.29. The number of aryl methyl sites for hydroxylation is 2. The molecule has 0 saturated carbocycles. The topological polar surface area (TPSA) is 63.8 Å². The maximum atomic E-state index is 5.72. The molecular weight excluding hydrogens is 224 g/mol. The number of para-hydroxylation sites is 1. The lowest BCUT2D eigenvalue weighted by Crippen LogP contribution is -2.03. The van der Waals surface area contributed by atoms with Crippen LogP contribution in [0.3, 0.4) is 0 Å². The predicted molar refractivity (Wildman–Crippen MR) is 74.9 cm³/mol. The van der Waals surface area contributed by atoms with Gasteiger partial charge in [-0.2, -0.15) is 4.98 Å². The van der Waals surface area contributed by atoms with Gasteiger partial charge in [0.1, 0.15) is 5.82 Å². The van der Waals surface area contributed by atoms with Crippen molar-refractivity contribution in [2.45, 2.75) is 26.7 Å². The third-order valence-electron chi connectivity index (χ3n) is 2.71. The number of nitrogen functional groups attached to an aromatic ring is 1. The third-order valence-corrected chi connectivity index (χ3v) is 2.71. The summed E-state index contributed by atoms with van der Waals surface area (Å²) < 4.78 is 0. The summed E-state index contributed by atoms with van der Waals surface area (Å²) in [5.74, 6) is 1.07. The minimum absolute atomic E-state index is 0.317. The normalized spacial score (nSPS) is 10.3. The second-order valence-electron chi connectivity index (χ2n) is 4.29. The number of rotatable bonds is 4. The Bertz CT molecular complexity index is 537. The van der Waals surface area contributed by atoms with Gasteiger partial charge in [0.05, 0.1) is 0 Å². The Morgan fingerprint density at radius 2 is 2.00 bits per heavy atom. The molecule has 0 bridgehead atoms. The van der Waals surface area contributed by atoms with Crippen LogP contribution in [0.1, 0.15) is 24.6 Å². The SMILES string of the molecule is CCCc1cc(Nc2ccccc2C)nc(N)n1. The van der Waals surface area contributed by atoms with Crippen LogP contribution in [0.15, 0.2) is 30.3 Å². The van der Waals surface area contributed by atoms with Crippen LogP contribution >= 0.6 is 0 Å². The van der Waals surface area contributed by atoms with Gasteiger partial charge in [-0.3, -0.25) is 0 Å². The number of nitrogens with two attached hydrogens (primary N) is 1. The zero-order chi connectivity index (χ0) is 13.0. The standard InChI is InChI=1S/C14H18N4/c1-3-6-11-9-13(18-14(15)16-11)17-12-8-5-4-7-10(12)2/h4-5,7-9H,3,6H2,1-2H3,(H3,15,16,17,18). The predicted octanol–water partition coefficient (Wildman–Crippen LogP) is 3.06. The van der Waals surface area contributed by atoms with Crippen molar-refractivity contribution in [3.05, 3.63) is 41.6 Å². The molecule has 4 heteroatoms. The molecule has 0 unspecified atom stereocenters. The molecule has 94 valence electrons. The van der Waals surface area contributed by atoms with Crippen molar-refractivity contribution in [2.24, 2.45) is 0 Å². The van der Waals surface area contributed by atoms with Gasteiger partial charge < -0.3 is 11.1 Å². The van der Waals surface area contributed by atoms with Gasteiger partial charge in [-0.1, -0.05) is 31.5 Å². The summed E-state index contributed by atoms with van der Waals surface area (Å²) in [5.41, 5.74) is 8.91. The first-order valence-corrected chi connectivity index (χ1v) is 6.15. The van der Waals surface area contributed by atoms with E-state index in [1.165, 1.54) is 5.56 Å². The van der Waals surface area contributed by atoms with Gasteiger partial charge in [0.15, 0.2) is 0 Å². The van der Waals surface area contributed by atoms with E-state index in [-0.39, 0.29) is 0 Å². The molecule has 0 radical (unpaired) electrons. The molecule has 0 atom stereocenters. The number of hydrogen-bond acceptors (Lipinski definition) is 4. The van der Waals surface area contributed by atoms with Crippen LogP contribution in [0.2, 0.25) is 0 Å². The maximum Gasteiger partial charge on any atom is 0.222 e. The molecule has 0 spiro atoms. The summed E-state index contributed by atoms with van der Waals surface area (Å²) >= 11 is 0. The molecule has 1 aromatic heterocycles. The van der Waals surface area contributed by atoms with Crippen molar-refractivity contribution in [3.63, 3.8) is 0 Å². The maximum absolute atomic E-state index is 5.72. The summed E-state index contributed by atoms with van der Waals surface area (Å²) in [6.07, 6.45) is 1.95. The smallest absolute Gasteiger partial charge is 0.222 e. The number of benzene rings is 1. The van der Waals surface area contributed by atoms with Gasteiger partial charge in [-0.25, -0.2) is 4.98 Å². The lowest BCUT2D eigenvalue weighted by Gasteiger charge is -2.10. The minimum atomic E-state index is 0.317. The van der Waals surface area contributed by atoms with Crippen LogP contribution in [0, 0.1) is 6.92 Å². The number of nitrogens with zero attached hydrogens (tertiary/aromatic N) is 2. The van der Waals surface area contributed by atoms with E-state index in [0.717, 1.165) is 30.0 Å². The summed E-state index contributed by atoms with van der Waals surface area (Å²) in [6, 6.07) is 10.0. The fourth-order valence-electron chi connectivity index (χ4n) is 1.82. The summed E-state index contributed by atoms with van der Waals surface area (Å²) in [6.45, 7) is 4.17. The largest absolute Gasteiger partial charge is 0.368 e. The first kappa shape index (κ1) is 12.4. The van der Waals surface area contributed by atoms with Gasteiger partial charge in [0.25, 0.3) is 0 Å². The third kappa shape index (κ3) is 2.97. The molecule has 0 amide bonds. The van der Waals surface area contributed by atoms with Crippen molar-refractivity contribution in [2.75, 3.05) is 11.1 Å². The zero-order valence-corrected chi connectivity index (χ0v) is 10.8. The fourth-order valence-corrected chi connectivity index (χ4v) is 1.82. The Labute approximate surface area is 107 Å². The van der Waals surface area contributed by atoms with Crippen molar-refractivity contribution in [1.82, 2.24) is 9.97 Å². The van der Waals surface area contributed by atoms with Crippen LogP contribution in [-0.4, -0.2) is 9.97 Å². The summed E-state index contributed by atoms with van der Waals surface area (Å²) in [7, 11) is 0. The van der Waals surface area contributed by atoms with Crippen molar-refractivity contribution >= 4 is 17.5 Å². The molecule has 0 saturated heterocycles. The zero-order valence-electron chi connectivity index (χ0n) is 10.8. The summed E-state index contributed by atoms with van der Waals surface area (Å²) in [4.78, 5) is 8.42. The molecule has 2 rings (SSSR count). The van der Waals surface area contributed by atoms with Gasteiger partial charge in [-0.15, -0.1) is 0 Å². The Balaban J connectivity index is 2.26. The van der Waals surface area contributed by atoms with E-state index < -0.39 is 0 Å². The highest BCUT2D eigenvalue weighted by Crippen LogP contribution is 2.19. The Morgan fingerprint density at radius 1 is 1.22 bits per heavy atom. The van der Waals surface area contributed by atoms with E-state index in [0.29, 0.717) is 5.95 Å². The van der Waals surface area contributed by atoms with Gasteiger partial charge in [0, 0.05) is 17.4 Å². The molecule has 0 aliphatic heterocycles. The van der Waals surface area contributed by atoms with Crippen LogP contribution in [0.4, 0.5) is 17.5 Å². The second kappa shape index (κ2) is 5.49. The van der Waals surface area contributed by atoms with Crippen molar-refractivity contribution in [3.8, 4) is 0 Å². The average molecular weight is 242 g/mol. The number of hydrogen-bond donors (Lipinski definition) is 2. The van der Waals surface area contributed by atoms with E-state index in [1.54, 1.807) is 0 Å². The molecule has 2 aromatic rings. The molecule has 0 aliphatic carbocycles. The van der Waals surface area contributed by atoms with Gasteiger partial charge >= 0.3 is 0 Å². The Hall–Kier alpha value is -2.10. The van der Waals surface area contributed by atoms with Crippen LogP contribution in [0.25, 0.3) is 0 Å². The first-order chi connectivity index (χ1) is 8.69. The molecule has 4 nitrogen and oxygen atoms in total. The van der Waals surface area contributed by atoms with Gasteiger partial charge in [0.2, 0.25) is 5.95 Å². The Kier molecular flexibility index (Phi) is 3.77. The van der Waals surface area contributed by atoms with E-state index in [1.807, 2.05) is 24.3 Å². The molecule has 0 fully saturated rings. The molecule has 1 heterocycles. The molecule has 3 N–H and O–H groups in total. The van der Waals surface area contributed by atoms with Crippen molar-refractivity contribution < 1.29 is 0 Å². The Morgan fingerprint density at radius 3 is 2.72 bits per heavy atom. The lowest BCUT2D eigenvalue weighted by atomic mass is 10.2. The average Bonchev–Trinajstić information content (AvgIpc) is 2.32. The van der Waals surface area contributed by atoms with Crippen molar-refractivity contribution in [1.29, 1.82) is 0 Å². The highest BCUT2D eigenvalue weighted by atomic mass is 15.1. The summed E-state index contributed by atoms with van der Waals surface area (Å²) in [5, 5.41) is 3.28. The molecule has 18 heavy (non-hydrogen) atoms. The van der Waals surface area contributed by atoms with E-state index in [4.69, 9.17) is 5.73 Å². The fraction of sp³-hybridized carbons (Fsp3) is 0.286. The van der Waals surface area contributed by atoms with Crippen LogP contribution < -0.4 is 11.1 Å². The number of aromatic nitrogens is 2. The molecule has 1 aromatic carbocycles. The highest BCUT2D eigenvalue weighted by Gasteiger charge is 2.03. The quantitative estimate of drug-likeness (QED) is 0.864. The monoisotopic (exact) mass is 242 g/mol. The van der Waals surface area contributed by atoms with E-state index >= 15 is 0 Å². The van der Waals surface area contributed by atoms with Gasteiger partial charge in [-0.05, 0) is 25.0 Å². The van der Waals surface area contributed by atoms with Crippen LogP contribution in [-0.2, 0) is 6.42 Å². The molecular formula is C14H18N4. The number of anilines is 3. The minimum Gasteiger partial charge on any atom is -0.368 e. The first-order valence-electron chi connectivity index (χ1n) is 6.15. The van der Waals surface area contributed by atoms with E-state index in [9.17, 15) is 0 Å².